The monoisotopic (exact) mass is 270 g/mol. The molecule has 1 atom stereocenters. The molecule has 0 fully saturated rings. The molecule has 1 aromatic carbocycles. The Morgan fingerprint density at radius 3 is 2.61 bits per heavy atom. The van der Waals surface area contributed by atoms with Gasteiger partial charge in [-0.05, 0) is 37.7 Å². The summed E-state index contributed by atoms with van der Waals surface area (Å²) in [6, 6.07) is 7.81. The molecule has 0 aliphatic heterocycles. The molecule has 1 unspecified atom stereocenters. The smallest absolute Gasteiger partial charge is 0.0791 e. The molecule has 3 nitrogen and oxygen atoms in total. The number of rotatable bonds is 8. The van der Waals surface area contributed by atoms with Gasteiger partial charge in [0.05, 0.1) is 6.10 Å². The van der Waals surface area contributed by atoms with E-state index in [1.165, 1.54) is 5.56 Å². The van der Waals surface area contributed by atoms with Gasteiger partial charge in [-0.25, -0.2) is 0 Å². The van der Waals surface area contributed by atoms with Gasteiger partial charge in [0, 0.05) is 24.7 Å². The molecule has 0 bridgehead atoms. The Balaban J connectivity index is 2.27. The van der Waals surface area contributed by atoms with Gasteiger partial charge in [0.25, 0.3) is 0 Å². The van der Waals surface area contributed by atoms with Gasteiger partial charge in [0.1, 0.15) is 0 Å². The van der Waals surface area contributed by atoms with Crippen LogP contribution in [0.4, 0.5) is 0 Å². The lowest BCUT2D eigenvalue weighted by molar-refractivity contribution is 0.121. The second-order valence-electron chi connectivity index (χ2n) is 4.68. The Morgan fingerprint density at radius 1 is 1.33 bits per heavy atom. The molecule has 0 aliphatic carbocycles. The van der Waals surface area contributed by atoms with Gasteiger partial charge < -0.3 is 10.4 Å². The Labute approximate surface area is 115 Å². The van der Waals surface area contributed by atoms with Crippen molar-refractivity contribution in [2.45, 2.75) is 26.0 Å². The van der Waals surface area contributed by atoms with Crippen LogP contribution in [0.2, 0.25) is 5.02 Å². The molecule has 0 aliphatic rings. The molecule has 0 saturated carbocycles. The molecular weight excluding hydrogens is 248 g/mol. The van der Waals surface area contributed by atoms with E-state index >= 15 is 0 Å². The van der Waals surface area contributed by atoms with E-state index in [1.54, 1.807) is 0 Å². The molecule has 0 spiro atoms. The number of benzene rings is 1. The zero-order valence-corrected chi connectivity index (χ0v) is 12.0. The Hall–Kier alpha value is -0.610. The normalized spacial score (nSPS) is 12.9. The number of nitrogens with one attached hydrogen (secondary N) is 1. The van der Waals surface area contributed by atoms with Gasteiger partial charge in [-0.1, -0.05) is 30.7 Å². The van der Waals surface area contributed by atoms with Crippen LogP contribution in [0, 0.1) is 0 Å². The molecule has 102 valence electrons. The van der Waals surface area contributed by atoms with Crippen molar-refractivity contribution in [2.75, 3.05) is 26.7 Å². The lowest BCUT2D eigenvalue weighted by atomic mass is 10.2. The van der Waals surface area contributed by atoms with Crippen molar-refractivity contribution >= 4 is 11.6 Å². The Morgan fingerprint density at radius 2 is 2.00 bits per heavy atom. The fraction of sp³-hybridized carbons (Fsp3) is 0.571. The van der Waals surface area contributed by atoms with Crippen LogP contribution in [0.1, 0.15) is 18.9 Å². The summed E-state index contributed by atoms with van der Waals surface area (Å²) in [5.41, 5.74) is 1.20. The van der Waals surface area contributed by atoms with Crippen LogP contribution >= 0.6 is 11.6 Å². The third-order valence-corrected chi connectivity index (χ3v) is 2.95. The predicted molar refractivity (Wildman–Crippen MR) is 77.0 cm³/mol. The van der Waals surface area contributed by atoms with Gasteiger partial charge in [-0.3, -0.25) is 4.90 Å². The Kier molecular flexibility index (Phi) is 7.28. The van der Waals surface area contributed by atoms with Gasteiger partial charge in [-0.2, -0.15) is 0 Å². The highest BCUT2D eigenvalue weighted by Crippen LogP contribution is 2.10. The van der Waals surface area contributed by atoms with Crippen molar-refractivity contribution in [2.24, 2.45) is 0 Å². The summed E-state index contributed by atoms with van der Waals surface area (Å²) in [7, 11) is 2.01. The average molecular weight is 271 g/mol. The fourth-order valence-electron chi connectivity index (χ4n) is 1.84. The zero-order chi connectivity index (χ0) is 13.4. The lowest BCUT2D eigenvalue weighted by Gasteiger charge is -2.21. The van der Waals surface area contributed by atoms with Crippen LogP contribution in [-0.2, 0) is 6.54 Å². The van der Waals surface area contributed by atoms with Gasteiger partial charge in [0.15, 0.2) is 0 Å². The van der Waals surface area contributed by atoms with Crippen molar-refractivity contribution in [3.63, 3.8) is 0 Å². The standard InChI is InChI=1S/C14H23ClN2O/c1-3-8-16-9-14(18)11-17(2)10-12-4-6-13(15)7-5-12/h4-7,14,16,18H,3,8-11H2,1-2H3. The number of halogens is 1. The molecule has 4 heteroatoms. The highest BCUT2D eigenvalue weighted by molar-refractivity contribution is 6.30. The molecule has 1 aromatic rings. The summed E-state index contributed by atoms with van der Waals surface area (Å²) in [6.45, 7) is 5.21. The fourth-order valence-corrected chi connectivity index (χ4v) is 1.96. The first-order chi connectivity index (χ1) is 8.61. The topological polar surface area (TPSA) is 35.5 Å². The predicted octanol–water partition coefficient (Wildman–Crippen LogP) is 2.13. The molecule has 0 saturated heterocycles. The third kappa shape index (κ3) is 6.36. The number of likely N-dealkylation sites (N-methyl/N-ethyl adjacent to an activating group) is 1. The van der Waals surface area contributed by atoms with E-state index in [0.717, 1.165) is 24.5 Å². The van der Waals surface area contributed by atoms with Crippen molar-refractivity contribution in [3.05, 3.63) is 34.9 Å². The minimum absolute atomic E-state index is 0.325. The zero-order valence-electron chi connectivity index (χ0n) is 11.2. The average Bonchev–Trinajstić information content (AvgIpc) is 2.32. The van der Waals surface area contributed by atoms with Crippen molar-refractivity contribution in [3.8, 4) is 0 Å². The minimum atomic E-state index is -0.325. The molecule has 0 heterocycles. The molecule has 0 amide bonds. The highest BCUT2D eigenvalue weighted by Gasteiger charge is 2.08. The first-order valence-electron chi connectivity index (χ1n) is 6.43. The number of nitrogens with zero attached hydrogens (tertiary/aromatic N) is 1. The second-order valence-corrected chi connectivity index (χ2v) is 5.12. The minimum Gasteiger partial charge on any atom is -0.390 e. The van der Waals surface area contributed by atoms with Crippen molar-refractivity contribution < 1.29 is 5.11 Å². The quantitative estimate of drug-likeness (QED) is 0.711. The van der Waals surface area contributed by atoms with Crippen LogP contribution in [0.25, 0.3) is 0 Å². The van der Waals surface area contributed by atoms with Gasteiger partial charge in [0.2, 0.25) is 0 Å². The number of aliphatic hydroxyl groups is 1. The van der Waals surface area contributed by atoms with E-state index in [4.69, 9.17) is 11.6 Å². The Bertz CT molecular complexity index is 329. The number of aliphatic hydroxyl groups excluding tert-OH is 1. The molecule has 0 radical (unpaired) electrons. The summed E-state index contributed by atoms with van der Waals surface area (Å²) in [5, 5.41) is 13.8. The summed E-state index contributed by atoms with van der Waals surface area (Å²) in [4.78, 5) is 2.11. The summed E-state index contributed by atoms with van der Waals surface area (Å²) < 4.78 is 0. The SMILES string of the molecule is CCCNCC(O)CN(C)Cc1ccc(Cl)cc1. The molecule has 2 N–H and O–H groups in total. The van der Waals surface area contributed by atoms with E-state index in [9.17, 15) is 5.11 Å². The second kappa shape index (κ2) is 8.48. The maximum atomic E-state index is 9.84. The van der Waals surface area contributed by atoms with Crippen LogP contribution in [0.15, 0.2) is 24.3 Å². The molecule has 1 rings (SSSR count). The number of hydrogen-bond acceptors (Lipinski definition) is 3. The summed E-state index contributed by atoms with van der Waals surface area (Å²) in [5.74, 6) is 0. The molecule has 0 aromatic heterocycles. The third-order valence-electron chi connectivity index (χ3n) is 2.69. The highest BCUT2D eigenvalue weighted by atomic mass is 35.5. The van der Waals surface area contributed by atoms with Crippen LogP contribution < -0.4 is 5.32 Å². The van der Waals surface area contributed by atoms with Crippen molar-refractivity contribution in [1.82, 2.24) is 10.2 Å². The largest absolute Gasteiger partial charge is 0.390 e. The van der Waals surface area contributed by atoms with E-state index in [1.807, 2.05) is 31.3 Å². The van der Waals surface area contributed by atoms with E-state index < -0.39 is 0 Å². The number of hydrogen-bond donors (Lipinski definition) is 2. The van der Waals surface area contributed by atoms with E-state index in [0.29, 0.717) is 13.1 Å². The maximum Gasteiger partial charge on any atom is 0.0791 e. The maximum absolute atomic E-state index is 9.84. The molecular formula is C14H23ClN2O. The summed E-state index contributed by atoms with van der Waals surface area (Å²) >= 11 is 5.84. The van der Waals surface area contributed by atoms with E-state index in [2.05, 4.69) is 17.1 Å². The lowest BCUT2D eigenvalue weighted by Crippen LogP contribution is -2.36. The van der Waals surface area contributed by atoms with Crippen molar-refractivity contribution in [1.29, 1.82) is 0 Å². The first-order valence-corrected chi connectivity index (χ1v) is 6.81. The van der Waals surface area contributed by atoms with Gasteiger partial charge in [-0.15, -0.1) is 0 Å². The van der Waals surface area contributed by atoms with Crippen LogP contribution in [-0.4, -0.2) is 42.8 Å². The van der Waals surface area contributed by atoms with Gasteiger partial charge >= 0.3 is 0 Å². The molecule has 18 heavy (non-hydrogen) atoms. The summed E-state index contributed by atoms with van der Waals surface area (Å²) in [6.07, 6.45) is 0.765. The van der Waals surface area contributed by atoms with Crippen LogP contribution in [0.5, 0.6) is 0 Å². The first kappa shape index (κ1) is 15.4. The van der Waals surface area contributed by atoms with E-state index in [-0.39, 0.29) is 6.10 Å². The van der Waals surface area contributed by atoms with Crippen LogP contribution in [0.3, 0.4) is 0 Å².